The molecule has 1 unspecified atom stereocenters. The lowest BCUT2D eigenvalue weighted by atomic mass is 10.3. The van der Waals surface area contributed by atoms with Crippen LogP contribution in [0.15, 0.2) is 47.4 Å². The van der Waals surface area contributed by atoms with Crippen LogP contribution in [0.2, 0.25) is 10.0 Å². The molecule has 0 radical (unpaired) electrons. The van der Waals surface area contributed by atoms with Gasteiger partial charge in [-0.3, -0.25) is 9.59 Å². The molecule has 0 aliphatic rings. The van der Waals surface area contributed by atoms with Crippen LogP contribution in [0.25, 0.3) is 0 Å². The zero-order chi connectivity index (χ0) is 17.5. The predicted molar refractivity (Wildman–Crippen MR) is 91.7 cm³/mol. The van der Waals surface area contributed by atoms with Crippen LogP contribution in [-0.2, 0) is 11.3 Å². The number of carbonyl (C=O) groups excluding carboxylic acids is 1. The van der Waals surface area contributed by atoms with Crippen molar-refractivity contribution >= 4 is 29.1 Å². The van der Waals surface area contributed by atoms with Crippen LogP contribution in [0.4, 0.5) is 0 Å². The Balaban J connectivity index is 1.76. The van der Waals surface area contributed by atoms with Crippen LogP contribution in [0.3, 0.4) is 0 Å². The van der Waals surface area contributed by atoms with E-state index in [4.69, 9.17) is 27.9 Å². The molecule has 0 saturated heterocycles. The van der Waals surface area contributed by atoms with Crippen LogP contribution in [-0.4, -0.2) is 34.8 Å². The molecule has 0 bridgehead atoms. The number of pyridine rings is 1. The third-order valence-electron chi connectivity index (χ3n) is 3.09. The Bertz CT molecular complexity index is 764. The summed E-state index contributed by atoms with van der Waals surface area (Å²) in [6.07, 6.45) is 0.673. The fraction of sp³-hybridized carbons (Fsp3) is 0.250. The zero-order valence-corrected chi connectivity index (χ0v) is 14.1. The summed E-state index contributed by atoms with van der Waals surface area (Å²) in [5, 5.41) is 13.2. The number of hydrogen-bond donors (Lipinski definition) is 2. The number of amides is 1. The molecule has 128 valence electrons. The second kappa shape index (κ2) is 8.73. The van der Waals surface area contributed by atoms with Crippen LogP contribution in [0.5, 0.6) is 5.75 Å². The topological polar surface area (TPSA) is 80.6 Å². The summed E-state index contributed by atoms with van der Waals surface area (Å²) >= 11 is 11.7. The van der Waals surface area contributed by atoms with Crippen molar-refractivity contribution in [3.63, 3.8) is 0 Å². The number of hydrogen-bond acceptors (Lipinski definition) is 4. The zero-order valence-electron chi connectivity index (χ0n) is 12.6. The fourth-order valence-corrected chi connectivity index (χ4v) is 2.38. The SMILES string of the molecule is O=C(COc1ccc(Cl)cc1Cl)NCC(O)Cn1ccccc1=O. The molecule has 1 heterocycles. The Morgan fingerprint density at radius 2 is 2.08 bits per heavy atom. The van der Waals surface area contributed by atoms with Gasteiger partial charge in [0.05, 0.1) is 17.7 Å². The van der Waals surface area contributed by atoms with E-state index in [1.807, 2.05) is 0 Å². The molecule has 0 fully saturated rings. The molecule has 1 amide bonds. The minimum Gasteiger partial charge on any atom is -0.482 e. The van der Waals surface area contributed by atoms with Gasteiger partial charge in [0, 0.05) is 23.8 Å². The first-order valence-corrected chi connectivity index (χ1v) is 7.89. The average molecular weight is 371 g/mol. The standard InChI is InChI=1S/C16H16Cl2N2O4/c17-11-4-5-14(13(18)7-11)24-10-15(22)19-8-12(21)9-20-6-2-1-3-16(20)23/h1-7,12,21H,8-10H2,(H,19,22). The van der Waals surface area contributed by atoms with Gasteiger partial charge in [0.1, 0.15) is 5.75 Å². The first-order chi connectivity index (χ1) is 11.5. The molecule has 6 nitrogen and oxygen atoms in total. The lowest BCUT2D eigenvalue weighted by Crippen LogP contribution is -2.38. The highest BCUT2D eigenvalue weighted by Gasteiger charge is 2.10. The highest BCUT2D eigenvalue weighted by atomic mass is 35.5. The number of nitrogens with one attached hydrogen (secondary N) is 1. The normalized spacial score (nSPS) is 11.8. The minimum absolute atomic E-state index is 0.00211. The fourth-order valence-electron chi connectivity index (χ4n) is 1.92. The Hall–Kier alpha value is -2.02. The molecule has 0 aliphatic carbocycles. The van der Waals surface area contributed by atoms with Crippen molar-refractivity contribution in [2.45, 2.75) is 12.6 Å². The Kier molecular flexibility index (Phi) is 6.66. The van der Waals surface area contributed by atoms with Gasteiger partial charge >= 0.3 is 0 Å². The lowest BCUT2D eigenvalue weighted by molar-refractivity contribution is -0.123. The first kappa shape index (κ1) is 18.3. The molecule has 1 aromatic carbocycles. The van der Waals surface area contributed by atoms with Crippen LogP contribution in [0.1, 0.15) is 0 Å². The van der Waals surface area contributed by atoms with Gasteiger partial charge in [0.15, 0.2) is 6.61 Å². The maximum atomic E-state index is 11.7. The third kappa shape index (κ3) is 5.56. The quantitative estimate of drug-likeness (QED) is 0.777. The summed E-state index contributed by atoms with van der Waals surface area (Å²) in [5.74, 6) is -0.0759. The van der Waals surface area contributed by atoms with Crippen molar-refractivity contribution in [2.75, 3.05) is 13.2 Å². The van der Waals surface area contributed by atoms with E-state index in [1.54, 1.807) is 30.5 Å². The number of aliphatic hydroxyl groups is 1. The van der Waals surface area contributed by atoms with Gasteiger partial charge < -0.3 is 19.7 Å². The number of halogens is 2. The smallest absolute Gasteiger partial charge is 0.258 e. The van der Waals surface area contributed by atoms with E-state index in [2.05, 4.69) is 5.32 Å². The largest absolute Gasteiger partial charge is 0.482 e. The van der Waals surface area contributed by atoms with Gasteiger partial charge in [-0.05, 0) is 24.3 Å². The van der Waals surface area contributed by atoms with Crippen molar-refractivity contribution in [1.29, 1.82) is 0 Å². The Morgan fingerprint density at radius 1 is 1.29 bits per heavy atom. The number of ether oxygens (including phenoxy) is 1. The molecule has 2 aromatic rings. The van der Waals surface area contributed by atoms with Crippen molar-refractivity contribution in [3.05, 3.63) is 63.0 Å². The Morgan fingerprint density at radius 3 is 2.79 bits per heavy atom. The summed E-state index contributed by atoms with van der Waals surface area (Å²) in [7, 11) is 0. The molecular weight excluding hydrogens is 355 g/mol. The van der Waals surface area contributed by atoms with E-state index in [0.717, 1.165) is 0 Å². The van der Waals surface area contributed by atoms with Gasteiger partial charge in [-0.15, -0.1) is 0 Å². The number of aromatic nitrogens is 1. The highest BCUT2D eigenvalue weighted by Crippen LogP contribution is 2.27. The van der Waals surface area contributed by atoms with Gasteiger partial charge in [0.2, 0.25) is 0 Å². The molecule has 2 N–H and O–H groups in total. The number of nitrogens with zero attached hydrogens (tertiary/aromatic N) is 1. The summed E-state index contributed by atoms with van der Waals surface area (Å²) < 4.78 is 6.65. The van der Waals surface area contributed by atoms with Gasteiger partial charge in [-0.2, -0.15) is 0 Å². The second-order valence-electron chi connectivity index (χ2n) is 5.01. The van der Waals surface area contributed by atoms with E-state index in [0.29, 0.717) is 15.8 Å². The van der Waals surface area contributed by atoms with Gasteiger partial charge in [-0.25, -0.2) is 0 Å². The van der Waals surface area contributed by atoms with Crippen molar-refractivity contribution < 1.29 is 14.6 Å². The van der Waals surface area contributed by atoms with E-state index in [-0.39, 0.29) is 25.3 Å². The Labute approximate surface area is 148 Å². The number of rotatable bonds is 7. The van der Waals surface area contributed by atoms with Crippen LogP contribution < -0.4 is 15.6 Å². The number of carbonyl (C=O) groups is 1. The average Bonchev–Trinajstić information content (AvgIpc) is 2.54. The summed E-state index contributed by atoms with van der Waals surface area (Å²) in [6, 6.07) is 9.38. The van der Waals surface area contributed by atoms with Gasteiger partial charge in [-0.1, -0.05) is 29.3 Å². The second-order valence-corrected chi connectivity index (χ2v) is 5.86. The van der Waals surface area contributed by atoms with E-state index in [9.17, 15) is 14.7 Å². The number of aliphatic hydroxyl groups excluding tert-OH is 1. The predicted octanol–water partition coefficient (Wildman–Crippen LogP) is 1.71. The molecule has 2 rings (SSSR count). The maximum Gasteiger partial charge on any atom is 0.258 e. The van der Waals surface area contributed by atoms with Crippen molar-refractivity contribution in [2.24, 2.45) is 0 Å². The first-order valence-electron chi connectivity index (χ1n) is 7.14. The number of benzene rings is 1. The van der Waals surface area contributed by atoms with Crippen molar-refractivity contribution in [1.82, 2.24) is 9.88 Å². The maximum absolute atomic E-state index is 11.7. The van der Waals surface area contributed by atoms with E-state index in [1.165, 1.54) is 16.7 Å². The summed E-state index contributed by atoms with van der Waals surface area (Å²) in [6.45, 7) is -0.166. The van der Waals surface area contributed by atoms with E-state index >= 15 is 0 Å². The molecule has 8 heteroatoms. The van der Waals surface area contributed by atoms with E-state index < -0.39 is 12.0 Å². The van der Waals surface area contributed by atoms with Crippen molar-refractivity contribution in [3.8, 4) is 5.75 Å². The third-order valence-corrected chi connectivity index (χ3v) is 3.62. The molecule has 1 aromatic heterocycles. The summed E-state index contributed by atoms with van der Waals surface area (Å²) in [5.41, 5.74) is -0.219. The monoisotopic (exact) mass is 370 g/mol. The summed E-state index contributed by atoms with van der Waals surface area (Å²) in [4.78, 5) is 23.3. The molecule has 0 saturated carbocycles. The van der Waals surface area contributed by atoms with Crippen LogP contribution >= 0.6 is 23.2 Å². The molecule has 24 heavy (non-hydrogen) atoms. The lowest BCUT2D eigenvalue weighted by Gasteiger charge is -2.14. The molecular formula is C16H16Cl2N2O4. The minimum atomic E-state index is -0.895. The highest BCUT2D eigenvalue weighted by molar-refractivity contribution is 6.35. The molecule has 1 atom stereocenters. The molecule has 0 spiro atoms. The van der Waals surface area contributed by atoms with Crippen LogP contribution in [0, 0.1) is 0 Å². The van der Waals surface area contributed by atoms with Gasteiger partial charge in [0.25, 0.3) is 11.5 Å². The molecule has 0 aliphatic heterocycles.